The van der Waals surface area contributed by atoms with Crippen LogP contribution in [-0.4, -0.2) is 65.1 Å². The first-order chi connectivity index (χ1) is 17.0. The van der Waals surface area contributed by atoms with E-state index in [-0.39, 0.29) is 5.54 Å². The molecule has 3 fully saturated rings. The molecule has 3 aliphatic rings. The average molecular weight is 586 g/mol. The number of methoxy groups -OCH3 is 1. The average Bonchev–Trinajstić information content (AvgIpc) is 2.88. The normalized spacial score (nSPS) is 21.6. The van der Waals surface area contributed by atoms with Crippen molar-refractivity contribution in [3.8, 4) is 5.88 Å². The summed E-state index contributed by atoms with van der Waals surface area (Å²) in [6.45, 7) is 8.99. The van der Waals surface area contributed by atoms with Crippen molar-refractivity contribution in [3.05, 3.63) is 36.3 Å². The monoisotopic (exact) mass is 587 g/mol. The summed E-state index contributed by atoms with van der Waals surface area (Å²) in [6.07, 6.45) is 16.4. The summed E-state index contributed by atoms with van der Waals surface area (Å²) in [5.74, 6) is 1.73. The molecule has 2 aromatic rings. The SMILES string of the molecule is CCC[CH2][Sn]([CH2]CCC)([CH2]CCC)[c]1cnc(N2CC3CC(Cc4ccc(OC)nc4)(C2)N3)cn1. The van der Waals surface area contributed by atoms with Gasteiger partial charge in [-0.3, -0.25) is 0 Å². The van der Waals surface area contributed by atoms with Gasteiger partial charge >= 0.3 is 205 Å². The first-order valence-electron chi connectivity index (χ1n) is 13.9. The van der Waals surface area contributed by atoms with Gasteiger partial charge in [0.05, 0.1) is 7.11 Å². The van der Waals surface area contributed by atoms with Crippen molar-refractivity contribution in [1.29, 1.82) is 0 Å². The second-order valence-electron chi connectivity index (χ2n) is 10.9. The van der Waals surface area contributed by atoms with Gasteiger partial charge in [-0.1, -0.05) is 0 Å². The van der Waals surface area contributed by atoms with Crippen molar-refractivity contribution in [1.82, 2.24) is 20.3 Å². The van der Waals surface area contributed by atoms with Crippen LogP contribution < -0.4 is 18.7 Å². The van der Waals surface area contributed by atoms with E-state index in [0.717, 1.165) is 25.3 Å². The molecule has 35 heavy (non-hydrogen) atoms. The Morgan fingerprint density at radius 2 is 1.66 bits per heavy atom. The molecule has 1 N–H and O–H groups in total. The number of hydrogen-bond donors (Lipinski definition) is 1. The van der Waals surface area contributed by atoms with E-state index in [1.54, 1.807) is 7.11 Å². The number of unbranched alkanes of at least 4 members (excludes halogenated alkanes) is 3. The van der Waals surface area contributed by atoms with E-state index in [0.29, 0.717) is 11.9 Å². The topological polar surface area (TPSA) is 63.2 Å². The van der Waals surface area contributed by atoms with E-state index < -0.39 is 18.4 Å². The van der Waals surface area contributed by atoms with Gasteiger partial charge in [0, 0.05) is 0 Å². The van der Waals surface area contributed by atoms with Crippen LogP contribution >= 0.6 is 0 Å². The molecule has 0 spiro atoms. The summed E-state index contributed by atoms with van der Waals surface area (Å²) in [4.78, 5) is 17.1. The quantitative estimate of drug-likeness (QED) is 0.311. The molecular weight excluding hydrogens is 541 g/mol. The summed E-state index contributed by atoms with van der Waals surface area (Å²) in [7, 11) is 1.66. The van der Waals surface area contributed by atoms with Gasteiger partial charge in [0.2, 0.25) is 0 Å². The van der Waals surface area contributed by atoms with Gasteiger partial charge in [0.15, 0.2) is 0 Å². The number of anilines is 1. The molecule has 2 aromatic heterocycles. The predicted octanol–water partition coefficient (Wildman–Crippen LogP) is 5.10. The van der Waals surface area contributed by atoms with Crippen molar-refractivity contribution < 1.29 is 4.74 Å². The molecule has 6 nitrogen and oxygen atoms in total. The third kappa shape index (κ3) is 6.30. The van der Waals surface area contributed by atoms with Crippen molar-refractivity contribution in [3.63, 3.8) is 0 Å². The van der Waals surface area contributed by atoms with Gasteiger partial charge in [-0.2, -0.15) is 0 Å². The maximum absolute atomic E-state index is 5.22. The van der Waals surface area contributed by atoms with Crippen LogP contribution in [0.1, 0.15) is 71.3 Å². The number of piperidine rings is 1. The zero-order valence-corrected chi connectivity index (χ0v) is 25.2. The summed E-state index contributed by atoms with van der Waals surface area (Å²) in [5.41, 5.74) is 1.35. The molecule has 2 bridgehead atoms. The second-order valence-corrected chi connectivity index (χ2v) is 24.0. The van der Waals surface area contributed by atoms with Crippen molar-refractivity contribution in [2.75, 3.05) is 25.1 Å². The van der Waals surface area contributed by atoms with E-state index in [2.05, 4.69) is 54.4 Å². The van der Waals surface area contributed by atoms with Crippen molar-refractivity contribution >= 4 is 27.9 Å². The Kier molecular flexibility index (Phi) is 9.30. The Balaban J connectivity index is 1.48. The Morgan fingerprint density at radius 1 is 0.971 bits per heavy atom. The Hall–Kier alpha value is -1.41. The third-order valence-electron chi connectivity index (χ3n) is 8.16. The van der Waals surface area contributed by atoms with E-state index in [1.165, 1.54) is 67.5 Å². The molecule has 0 aliphatic carbocycles. The minimum atomic E-state index is -2.52. The molecule has 2 atom stereocenters. The maximum atomic E-state index is 5.22. The summed E-state index contributed by atoms with van der Waals surface area (Å²) in [6, 6.07) is 4.63. The Bertz CT molecular complexity index is 892. The molecule has 7 heteroatoms. The van der Waals surface area contributed by atoms with E-state index >= 15 is 0 Å². The van der Waals surface area contributed by atoms with Crippen LogP contribution in [0.2, 0.25) is 13.3 Å². The fourth-order valence-electron chi connectivity index (χ4n) is 6.24. The van der Waals surface area contributed by atoms with Crippen LogP contribution in [0.4, 0.5) is 5.82 Å². The number of pyridine rings is 1. The molecule has 3 saturated heterocycles. The molecule has 0 radical (unpaired) electrons. The summed E-state index contributed by atoms with van der Waals surface area (Å²) in [5, 5.41) is 3.84. The molecule has 0 aromatic carbocycles. The van der Waals surface area contributed by atoms with Crippen LogP contribution in [0.25, 0.3) is 0 Å². The van der Waals surface area contributed by atoms with Gasteiger partial charge in [0.1, 0.15) is 0 Å². The number of hydrogen-bond acceptors (Lipinski definition) is 6. The fraction of sp³-hybridized carbons (Fsp3) is 0.679. The number of piperazine rings is 1. The molecule has 3 aliphatic heterocycles. The zero-order chi connectivity index (χ0) is 24.7. The third-order valence-corrected chi connectivity index (χ3v) is 23.2. The molecule has 2 unspecified atom stereocenters. The first kappa shape index (κ1) is 26.6. The van der Waals surface area contributed by atoms with Crippen LogP contribution in [0.5, 0.6) is 5.88 Å². The molecule has 0 saturated carbocycles. The first-order valence-corrected chi connectivity index (χ1v) is 21.4. The van der Waals surface area contributed by atoms with E-state index in [9.17, 15) is 0 Å². The second kappa shape index (κ2) is 12.2. The number of fused-ring (bicyclic) bond motifs is 2. The van der Waals surface area contributed by atoms with Gasteiger partial charge in [0.25, 0.3) is 0 Å². The molecule has 5 heterocycles. The van der Waals surface area contributed by atoms with Gasteiger partial charge < -0.3 is 4.74 Å². The zero-order valence-electron chi connectivity index (χ0n) is 22.4. The van der Waals surface area contributed by atoms with E-state index in [4.69, 9.17) is 14.7 Å². The van der Waals surface area contributed by atoms with E-state index in [1.807, 2.05) is 12.3 Å². The van der Waals surface area contributed by atoms with Crippen LogP contribution in [0, 0.1) is 0 Å². The molecule has 192 valence electrons. The van der Waals surface area contributed by atoms with Gasteiger partial charge in [-0.25, -0.2) is 0 Å². The number of aromatic nitrogens is 3. The number of nitrogens with zero attached hydrogens (tertiary/aromatic N) is 4. The minimum absolute atomic E-state index is 0.103. The number of ether oxygens (including phenoxy) is 1. The Labute approximate surface area is 216 Å². The van der Waals surface area contributed by atoms with Gasteiger partial charge in [-0.05, 0) is 0 Å². The summed E-state index contributed by atoms with van der Waals surface area (Å²) < 4.78 is 11.0. The van der Waals surface area contributed by atoms with Gasteiger partial charge in [-0.15, -0.1) is 0 Å². The standard InChI is InChI=1S/C16H18N5O.3C4H9.Sn/c1-22-15-3-2-12(8-19-15)6-16-7-13(20-16)10-21(11-16)14-9-17-4-5-18-14;3*1-3-4-2;/h2-3,5,8-9,13,20H,6-7,10-11H2,1H3;3*1,3-4H2,2H3;. The fourth-order valence-corrected chi connectivity index (χ4v) is 21.3. The molecule has 0 amide bonds. The van der Waals surface area contributed by atoms with Crippen LogP contribution in [-0.2, 0) is 6.42 Å². The Morgan fingerprint density at radius 3 is 2.17 bits per heavy atom. The van der Waals surface area contributed by atoms with Crippen LogP contribution in [0.15, 0.2) is 30.7 Å². The molecular formula is C28H45N5OSn. The number of nitrogens with one attached hydrogen (secondary N) is 1. The number of rotatable bonds is 14. The van der Waals surface area contributed by atoms with Crippen LogP contribution in [0.3, 0.4) is 0 Å². The molecule has 5 rings (SSSR count). The van der Waals surface area contributed by atoms with Crippen molar-refractivity contribution in [2.45, 2.75) is 97.0 Å². The predicted molar refractivity (Wildman–Crippen MR) is 148 cm³/mol. The van der Waals surface area contributed by atoms with Crippen molar-refractivity contribution in [2.24, 2.45) is 0 Å². The summed E-state index contributed by atoms with van der Waals surface area (Å²) >= 11 is -2.52.